The highest BCUT2D eigenvalue weighted by atomic mass is 19.1. The number of halogens is 1. The van der Waals surface area contributed by atoms with E-state index >= 15 is 0 Å². The second-order valence-electron chi connectivity index (χ2n) is 5.88. The molecule has 1 aliphatic rings. The van der Waals surface area contributed by atoms with E-state index in [0.717, 1.165) is 0 Å². The molecule has 0 bridgehead atoms. The highest BCUT2D eigenvalue weighted by Crippen LogP contribution is 2.48. The van der Waals surface area contributed by atoms with Gasteiger partial charge in [-0.2, -0.15) is 0 Å². The van der Waals surface area contributed by atoms with Crippen LogP contribution < -0.4 is 23.8 Å². The van der Waals surface area contributed by atoms with Gasteiger partial charge in [-0.15, -0.1) is 0 Å². The Hall–Kier alpha value is -3.22. The molecule has 1 aliphatic heterocycles. The first-order chi connectivity index (χ1) is 13.0. The van der Waals surface area contributed by atoms with E-state index < -0.39 is 11.9 Å². The van der Waals surface area contributed by atoms with Crippen molar-refractivity contribution >= 4 is 11.6 Å². The van der Waals surface area contributed by atoms with Crippen molar-refractivity contribution in [3.63, 3.8) is 0 Å². The molecule has 0 radical (unpaired) electrons. The number of nitrogens with zero attached hydrogens (tertiary/aromatic N) is 1. The highest BCUT2D eigenvalue weighted by Gasteiger charge is 2.43. The lowest BCUT2D eigenvalue weighted by molar-refractivity contribution is -0.118. The molecule has 3 rings (SSSR count). The van der Waals surface area contributed by atoms with Crippen LogP contribution in [0.4, 0.5) is 10.1 Å². The number of anilines is 1. The quantitative estimate of drug-likeness (QED) is 0.573. The van der Waals surface area contributed by atoms with Crippen LogP contribution in [0.3, 0.4) is 0 Å². The minimum Gasteiger partial charge on any atom is -0.494 e. The van der Waals surface area contributed by atoms with E-state index in [9.17, 15) is 9.18 Å². The third kappa shape index (κ3) is 2.95. The summed E-state index contributed by atoms with van der Waals surface area (Å²) in [5.74, 6) is 0.614. The van der Waals surface area contributed by atoms with Gasteiger partial charge in [-0.05, 0) is 17.7 Å². The van der Waals surface area contributed by atoms with E-state index in [1.807, 2.05) is 0 Å². The fraction of sp³-hybridized carbons (Fsp3) is 0.250. The lowest BCUT2D eigenvalue weighted by Gasteiger charge is -2.42. The van der Waals surface area contributed by atoms with Gasteiger partial charge in [0.05, 0.1) is 40.2 Å². The Morgan fingerprint density at radius 2 is 1.52 bits per heavy atom. The van der Waals surface area contributed by atoms with Crippen molar-refractivity contribution in [3.8, 4) is 23.0 Å². The van der Waals surface area contributed by atoms with E-state index in [-0.39, 0.29) is 11.7 Å². The van der Waals surface area contributed by atoms with Gasteiger partial charge < -0.3 is 18.9 Å². The molecule has 2 aromatic carbocycles. The summed E-state index contributed by atoms with van der Waals surface area (Å²) in [5.41, 5.74) is 1.49. The first kappa shape index (κ1) is 18.6. The molecule has 1 fully saturated rings. The van der Waals surface area contributed by atoms with Gasteiger partial charge in [0.25, 0.3) is 5.91 Å². The summed E-state index contributed by atoms with van der Waals surface area (Å²) in [6, 6.07) is 7.40. The number of benzene rings is 2. The number of carbonyl (C=O) groups excluding carboxylic acids is 1. The first-order valence-corrected chi connectivity index (χ1v) is 8.12. The molecule has 0 aliphatic carbocycles. The van der Waals surface area contributed by atoms with Gasteiger partial charge in [0.15, 0.2) is 23.1 Å². The molecule has 0 spiro atoms. The second-order valence-corrected chi connectivity index (χ2v) is 5.88. The number of rotatable bonds is 6. The van der Waals surface area contributed by atoms with E-state index in [1.54, 1.807) is 18.2 Å². The molecular formula is C20H20FNO5. The molecule has 6 nitrogen and oxygen atoms in total. The van der Waals surface area contributed by atoms with Gasteiger partial charge in [-0.3, -0.25) is 9.69 Å². The predicted octanol–water partition coefficient (Wildman–Crippen LogP) is 3.50. The van der Waals surface area contributed by atoms with E-state index in [2.05, 4.69) is 6.58 Å². The Labute approximate surface area is 156 Å². The van der Waals surface area contributed by atoms with Gasteiger partial charge in [-0.25, -0.2) is 4.39 Å². The Balaban J connectivity index is 2.06. The molecule has 142 valence electrons. The van der Waals surface area contributed by atoms with Crippen molar-refractivity contribution < 1.29 is 28.1 Å². The SMILES string of the molecule is C=C1C(=O)N(c2cc(OC)c(OC)c(OC)c2)C1c1ccc(OC)c(F)c1. The van der Waals surface area contributed by atoms with E-state index in [4.69, 9.17) is 18.9 Å². The average Bonchev–Trinajstić information content (AvgIpc) is 2.69. The van der Waals surface area contributed by atoms with Gasteiger partial charge in [0.2, 0.25) is 5.75 Å². The summed E-state index contributed by atoms with van der Waals surface area (Å²) >= 11 is 0. The number of methoxy groups -OCH3 is 4. The number of carbonyl (C=O) groups is 1. The zero-order valence-electron chi connectivity index (χ0n) is 15.5. The van der Waals surface area contributed by atoms with Gasteiger partial charge in [0.1, 0.15) is 0 Å². The Bertz CT molecular complexity index is 886. The van der Waals surface area contributed by atoms with Crippen molar-refractivity contribution in [2.75, 3.05) is 33.3 Å². The molecule has 1 atom stereocenters. The standard InChI is InChI=1S/C20H20FNO5/c1-11-18(12-6-7-15(24-2)14(21)8-12)22(20(11)23)13-9-16(25-3)19(27-5)17(10-13)26-4/h6-10,18H,1H2,2-5H3. The molecule has 0 N–H and O–H groups in total. The normalized spacial score (nSPS) is 16.0. The number of amides is 1. The lowest BCUT2D eigenvalue weighted by atomic mass is 9.88. The zero-order valence-corrected chi connectivity index (χ0v) is 15.5. The average molecular weight is 373 g/mol. The summed E-state index contributed by atoms with van der Waals surface area (Å²) in [6.07, 6.45) is 0. The molecule has 1 unspecified atom stereocenters. The minimum atomic E-state index is -0.507. The Morgan fingerprint density at radius 3 is 2.00 bits per heavy atom. The monoisotopic (exact) mass is 373 g/mol. The minimum absolute atomic E-state index is 0.134. The van der Waals surface area contributed by atoms with Crippen LogP contribution >= 0.6 is 0 Å². The fourth-order valence-electron chi connectivity index (χ4n) is 3.15. The van der Waals surface area contributed by atoms with Crippen molar-refractivity contribution in [2.24, 2.45) is 0 Å². The maximum absolute atomic E-state index is 14.1. The predicted molar refractivity (Wildman–Crippen MR) is 98.4 cm³/mol. The number of β-lactam (4-membered cyclic amide) rings is 1. The maximum Gasteiger partial charge on any atom is 0.256 e. The molecule has 1 saturated heterocycles. The number of ether oxygens (including phenoxy) is 4. The molecule has 0 saturated carbocycles. The lowest BCUT2D eigenvalue weighted by Crippen LogP contribution is -2.48. The fourth-order valence-corrected chi connectivity index (χ4v) is 3.15. The Kier molecular flexibility index (Phi) is 4.94. The second kappa shape index (κ2) is 7.19. The topological polar surface area (TPSA) is 57.2 Å². The van der Waals surface area contributed by atoms with Crippen molar-refractivity contribution in [2.45, 2.75) is 6.04 Å². The highest BCUT2D eigenvalue weighted by molar-refractivity contribution is 6.15. The summed E-state index contributed by atoms with van der Waals surface area (Å²) in [7, 11) is 5.88. The summed E-state index contributed by atoms with van der Waals surface area (Å²) in [5, 5.41) is 0. The molecule has 2 aromatic rings. The van der Waals surface area contributed by atoms with Crippen LogP contribution in [0.2, 0.25) is 0 Å². The smallest absolute Gasteiger partial charge is 0.256 e. The van der Waals surface area contributed by atoms with Crippen LogP contribution in [-0.2, 0) is 4.79 Å². The van der Waals surface area contributed by atoms with Crippen LogP contribution in [0.15, 0.2) is 42.5 Å². The molecule has 1 amide bonds. The van der Waals surface area contributed by atoms with E-state index in [0.29, 0.717) is 34.1 Å². The van der Waals surface area contributed by atoms with Gasteiger partial charge >= 0.3 is 0 Å². The maximum atomic E-state index is 14.1. The Morgan fingerprint density at radius 1 is 0.926 bits per heavy atom. The van der Waals surface area contributed by atoms with Crippen LogP contribution in [0.5, 0.6) is 23.0 Å². The van der Waals surface area contributed by atoms with Crippen LogP contribution in [0, 0.1) is 5.82 Å². The van der Waals surface area contributed by atoms with Crippen molar-refractivity contribution in [3.05, 3.63) is 53.9 Å². The molecule has 0 aromatic heterocycles. The molecule has 1 heterocycles. The van der Waals surface area contributed by atoms with Crippen LogP contribution in [0.25, 0.3) is 0 Å². The number of hydrogen-bond acceptors (Lipinski definition) is 5. The van der Waals surface area contributed by atoms with Crippen molar-refractivity contribution in [1.29, 1.82) is 0 Å². The third-order valence-corrected chi connectivity index (χ3v) is 4.50. The van der Waals surface area contributed by atoms with E-state index in [1.165, 1.54) is 45.5 Å². The largest absolute Gasteiger partial charge is 0.494 e. The number of hydrogen-bond donors (Lipinski definition) is 0. The summed E-state index contributed by atoms with van der Waals surface area (Å²) < 4.78 is 35.1. The van der Waals surface area contributed by atoms with Gasteiger partial charge in [0, 0.05) is 17.7 Å². The molecule has 27 heavy (non-hydrogen) atoms. The zero-order chi connectivity index (χ0) is 19.7. The third-order valence-electron chi connectivity index (χ3n) is 4.50. The van der Waals surface area contributed by atoms with Crippen LogP contribution in [-0.4, -0.2) is 34.3 Å². The first-order valence-electron chi connectivity index (χ1n) is 8.12. The van der Waals surface area contributed by atoms with Crippen molar-refractivity contribution in [1.82, 2.24) is 0 Å². The summed E-state index contributed by atoms with van der Waals surface area (Å²) in [6.45, 7) is 3.83. The van der Waals surface area contributed by atoms with Crippen LogP contribution in [0.1, 0.15) is 11.6 Å². The van der Waals surface area contributed by atoms with Gasteiger partial charge in [-0.1, -0.05) is 12.6 Å². The summed E-state index contributed by atoms with van der Waals surface area (Å²) in [4.78, 5) is 14.0. The molecule has 7 heteroatoms. The molecular weight excluding hydrogens is 353 g/mol.